The molecule has 3 aliphatic rings. The molecule has 0 radical (unpaired) electrons. The van der Waals surface area contributed by atoms with Crippen molar-refractivity contribution in [1.29, 1.82) is 0 Å². The van der Waals surface area contributed by atoms with Crippen molar-refractivity contribution in [2.24, 2.45) is 0 Å². The lowest BCUT2D eigenvalue weighted by molar-refractivity contribution is -0.139. The van der Waals surface area contributed by atoms with Gasteiger partial charge >= 0.3 is 0 Å². The maximum absolute atomic E-state index is 14.2. The highest BCUT2D eigenvalue weighted by molar-refractivity contribution is 5.89. The Morgan fingerprint density at radius 2 is 1.93 bits per heavy atom. The van der Waals surface area contributed by atoms with E-state index in [2.05, 4.69) is 39.0 Å². The van der Waals surface area contributed by atoms with Gasteiger partial charge in [-0.25, -0.2) is 8.78 Å². The minimum absolute atomic E-state index is 0.0421. The predicted octanol–water partition coefficient (Wildman–Crippen LogP) is 2.75. The third kappa shape index (κ3) is 7.13. The molecule has 222 valence electrons. The van der Waals surface area contributed by atoms with Crippen LogP contribution in [0.15, 0.2) is 42.5 Å². The minimum atomic E-state index is -0.895. The van der Waals surface area contributed by atoms with Crippen molar-refractivity contribution in [1.82, 2.24) is 26.3 Å². The van der Waals surface area contributed by atoms with Gasteiger partial charge in [0.05, 0.1) is 36.0 Å². The molecule has 0 spiro atoms. The summed E-state index contributed by atoms with van der Waals surface area (Å²) in [7, 11) is 0. The number of hydrogen-bond donors (Lipinski definition) is 6. The molecule has 2 aromatic rings. The highest BCUT2D eigenvalue weighted by Crippen LogP contribution is 2.32. The van der Waals surface area contributed by atoms with E-state index >= 15 is 0 Å². The van der Waals surface area contributed by atoms with Crippen LogP contribution in [0, 0.1) is 11.6 Å². The van der Waals surface area contributed by atoms with E-state index in [0.29, 0.717) is 24.3 Å². The fraction of sp³-hybridized carbons (Fsp3) is 0.517. The van der Waals surface area contributed by atoms with Gasteiger partial charge in [0.1, 0.15) is 17.8 Å². The first kappa shape index (κ1) is 29.2. The number of hydroxylamine groups is 1. The zero-order valence-electron chi connectivity index (χ0n) is 23.4. The van der Waals surface area contributed by atoms with Gasteiger partial charge in [-0.1, -0.05) is 25.1 Å². The standard InChI is InChI=1S/C29H39F2N7O3/c1-3-20-7-4-5-14-38(20)25(39)16-23(34-29-35-24(37-41-29)15-18-10-12-19(30)13-11-18)28(40)32-17(2)27-33-22-9-6-8-21(31)26(22)36-27/h6,8-13,17,20,23-24,27,29,33-37H,3-5,7,14-16H2,1-2H3,(H,32,40)/t17-,20-,23-,24?,27?,29?/m0/s1. The van der Waals surface area contributed by atoms with E-state index in [0.717, 1.165) is 31.2 Å². The van der Waals surface area contributed by atoms with E-state index in [1.807, 2.05) is 11.8 Å². The van der Waals surface area contributed by atoms with Gasteiger partial charge in [0.25, 0.3) is 0 Å². The number of piperidine rings is 1. The minimum Gasteiger partial charge on any atom is -0.362 e. The molecule has 12 heteroatoms. The van der Waals surface area contributed by atoms with Crippen molar-refractivity contribution < 1.29 is 23.2 Å². The Morgan fingerprint density at radius 3 is 2.68 bits per heavy atom. The smallest absolute Gasteiger partial charge is 0.238 e. The van der Waals surface area contributed by atoms with Crippen LogP contribution in [0.5, 0.6) is 0 Å². The molecule has 6 N–H and O–H groups in total. The summed E-state index contributed by atoms with van der Waals surface area (Å²) in [5.74, 6) is -1.14. The summed E-state index contributed by atoms with van der Waals surface area (Å²) in [6.45, 7) is 4.57. The van der Waals surface area contributed by atoms with E-state index < -0.39 is 24.6 Å². The number of carbonyl (C=O) groups excluding carboxylic acids is 2. The number of nitrogens with zero attached hydrogens (tertiary/aromatic N) is 1. The number of halogens is 2. The number of rotatable bonds is 10. The zero-order valence-corrected chi connectivity index (χ0v) is 23.4. The molecule has 0 bridgehead atoms. The van der Waals surface area contributed by atoms with E-state index in [1.165, 1.54) is 18.2 Å². The van der Waals surface area contributed by atoms with Crippen molar-refractivity contribution in [2.45, 2.75) is 89.2 Å². The van der Waals surface area contributed by atoms with Crippen LogP contribution in [-0.4, -0.2) is 60.1 Å². The van der Waals surface area contributed by atoms with E-state index in [9.17, 15) is 18.4 Å². The molecule has 10 nitrogen and oxygen atoms in total. The van der Waals surface area contributed by atoms with Gasteiger partial charge in [-0.05, 0) is 62.4 Å². The Labute approximate surface area is 238 Å². The van der Waals surface area contributed by atoms with Crippen LogP contribution in [0.4, 0.5) is 20.2 Å². The average Bonchev–Trinajstić information content (AvgIpc) is 3.61. The third-order valence-corrected chi connectivity index (χ3v) is 7.99. The molecule has 41 heavy (non-hydrogen) atoms. The summed E-state index contributed by atoms with van der Waals surface area (Å²) in [6.07, 6.45) is 2.87. The van der Waals surface area contributed by atoms with Crippen molar-refractivity contribution in [3.05, 3.63) is 59.7 Å². The molecule has 0 aromatic heterocycles. The average molecular weight is 572 g/mol. The van der Waals surface area contributed by atoms with Crippen LogP contribution in [0.25, 0.3) is 0 Å². The van der Waals surface area contributed by atoms with Crippen LogP contribution >= 0.6 is 0 Å². The third-order valence-electron chi connectivity index (χ3n) is 7.99. The van der Waals surface area contributed by atoms with Gasteiger partial charge in [-0.3, -0.25) is 25.1 Å². The van der Waals surface area contributed by atoms with Gasteiger partial charge in [0.2, 0.25) is 11.8 Å². The number of likely N-dealkylation sites (tertiary alicyclic amines) is 1. The van der Waals surface area contributed by atoms with Crippen LogP contribution in [0.2, 0.25) is 0 Å². The summed E-state index contributed by atoms with van der Waals surface area (Å²) in [5, 5.41) is 15.6. The van der Waals surface area contributed by atoms with Crippen LogP contribution in [-0.2, 0) is 20.8 Å². The van der Waals surface area contributed by atoms with Crippen LogP contribution < -0.4 is 32.1 Å². The summed E-state index contributed by atoms with van der Waals surface area (Å²) in [4.78, 5) is 34.6. The van der Waals surface area contributed by atoms with Crippen molar-refractivity contribution in [3.63, 3.8) is 0 Å². The first-order valence-corrected chi connectivity index (χ1v) is 14.4. The van der Waals surface area contributed by atoms with E-state index in [-0.39, 0.29) is 42.1 Å². The van der Waals surface area contributed by atoms with Crippen molar-refractivity contribution >= 4 is 23.2 Å². The van der Waals surface area contributed by atoms with E-state index in [4.69, 9.17) is 4.84 Å². The number of anilines is 2. The predicted molar refractivity (Wildman–Crippen MR) is 151 cm³/mol. The Kier molecular flexibility index (Phi) is 9.33. The molecule has 3 aliphatic heterocycles. The molecule has 3 unspecified atom stereocenters. The Bertz CT molecular complexity index is 1220. The molecule has 0 saturated carbocycles. The SMILES string of the molecule is CC[C@H]1CCCCN1C(=O)C[C@H](NC1NC(Cc2ccc(F)cc2)NO1)C(=O)N[C@@H](C)C1Nc2cccc(F)c2N1. The first-order valence-electron chi connectivity index (χ1n) is 14.4. The topological polar surface area (TPSA) is 119 Å². The Morgan fingerprint density at radius 1 is 1.12 bits per heavy atom. The number of fused-ring (bicyclic) bond motifs is 1. The molecule has 2 amide bonds. The largest absolute Gasteiger partial charge is 0.362 e. The molecule has 2 saturated heterocycles. The van der Waals surface area contributed by atoms with Crippen LogP contribution in [0.1, 0.15) is 51.5 Å². The number of benzene rings is 2. The lowest BCUT2D eigenvalue weighted by atomic mass is 9.99. The fourth-order valence-corrected chi connectivity index (χ4v) is 5.70. The van der Waals surface area contributed by atoms with Gasteiger partial charge in [-0.15, -0.1) is 0 Å². The molecule has 2 fully saturated rings. The maximum Gasteiger partial charge on any atom is 0.238 e. The molecule has 5 rings (SSSR count). The number of carbonyl (C=O) groups is 2. The summed E-state index contributed by atoms with van der Waals surface area (Å²) in [5.41, 5.74) is 4.79. The fourth-order valence-electron chi connectivity index (χ4n) is 5.70. The second-order valence-corrected chi connectivity index (χ2v) is 11.0. The van der Waals surface area contributed by atoms with Crippen molar-refractivity contribution in [3.8, 4) is 0 Å². The van der Waals surface area contributed by atoms with Crippen molar-refractivity contribution in [2.75, 3.05) is 17.2 Å². The molecule has 6 atom stereocenters. The van der Waals surface area contributed by atoms with Gasteiger partial charge in [0, 0.05) is 19.0 Å². The molecule has 3 heterocycles. The molecule has 2 aromatic carbocycles. The van der Waals surface area contributed by atoms with E-state index in [1.54, 1.807) is 24.3 Å². The lowest BCUT2D eigenvalue weighted by Gasteiger charge is -2.36. The highest BCUT2D eigenvalue weighted by Gasteiger charge is 2.35. The van der Waals surface area contributed by atoms with Gasteiger partial charge in [0.15, 0.2) is 6.35 Å². The van der Waals surface area contributed by atoms with Crippen LogP contribution in [0.3, 0.4) is 0 Å². The normalized spacial score (nSPS) is 25.1. The second kappa shape index (κ2) is 13.1. The molecular formula is C29H39F2N7O3. The van der Waals surface area contributed by atoms with Gasteiger partial charge < -0.3 is 20.9 Å². The number of nitrogens with one attached hydrogen (secondary N) is 6. The number of para-hydroxylation sites is 1. The number of amides is 2. The maximum atomic E-state index is 14.2. The monoisotopic (exact) mass is 571 g/mol. The second-order valence-electron chi connectivity index (χ2n) is 11.0. The zero-order chi connectivity index (χ0) is 28.9. The Balaban J connectivity index is 1.23. The Hall–Kier alpha value is -3.32. The van der Waals surface area contributed by atoms with Gasteiger partial charge in [-0.2, -0.15) is 5.48 Å². The summed E-state index contributed by atoms with van der Waals surface area (Å²) in [6, 6.07) is 9.81. The summed E-state index contributed by atoms with van der Waals surface area (Å²) >= 11 is 0. The lowest BCUT2D eigenvalue weighted by Crippen LogP contribution is -2.58. The number of hydrogen-bond acceptors (Lipinski definition) is 8. The summed E-state index contributed by atoms with van der Waals surface area (Å²) < 4.78 is 27.5. The highest BCUT2D eigenvalue weighted by atomic mass is 19.1. The molecule has 0 aliphatic carbocycles. The molecular weight excluding hydrogens is 532 g/mol. The quantitative estimate of drug-likeness (QED) is 0.258. The first-order chi connectivity index (χ1) is 19.8.